The number of rotatable bonds is 5. The molecule has 23 heavy (non-hydrogen) atoms. The third-order valence-corrected chi connectivity index (χ3v) is 3.37. The fraction of sp³-hybridized carbons (Fsp3) is 0.312. The van der Waals surface area contributed by atoms with E-state index in [4.69, 9.17) is 18.4 Å². The van der Waals surface area contributed by atoms with E-state index in [1.165, 1.54) is 0 Å². The van der Waals surface area contributed by atoms with Crippen LogP contribution in [0.5, 0.6) is 11.5 Å². The lowest BCUT2D eigenvalue weighted by Crippen LogP contribution is -1.90. The predicted molar refractivity (Wildman–Crippen MR) is 82.4 cm³/mol. The van der Waals surface area contributed by atoms with Gasteiger partial charge in [-0.15, -0.1) is 10.2 Å². The lowest BCUT2D eigenvalue weighted by atomic mass is 10.1. The fourth-order valence-electron chi connectivity index (χ4n) is 2.07. The zero-order chi connectivity index (χ0) is 16.4. The van der Waals surface area contributed by atoms with E-state index >= 15 is 0 Å². The minimum absolute atomic E-state index is 0.240. The van der Waals surface area contributed by atoms with Crippen LogP contribution in [-0.2, 0) is 0 Å². The maximum absolute atomic E-state index is 5.68. The lowest BCUT2D eigenvalue weighted by molar-refractivity contribution is 0.355. The highest BCUT2D eigenvalue weighted by Crippen LogP contribution is 2.32. The molecule has 7 nitrogen and oxygen atoms in total. The molecule has 7 heteroatoms. The van der Waals surface area contributed by atoms with Crippen molar-refractivity contribution in [3.05, 3.63) is 30.0 Å². The van der Waals surface area contributed by atoms with Crippen LogP contribution in [0.3, 0.4) is 0 Å². The summed E-state index contributed by atoms with van der Waals surface area (Å²) in [6.45, 7) is 4.04. The molecular weight excluding hydrogens is 298 g/mol. The van der Waals surface area contributed by atoms with Gasteiger partial charge in [-0.2, -0.15) is 0 Å². The molecular formula is C16H17N3O4. The molecule has 0 atom stereocenters. The Hall–Kier alpha value is -2.83. The fourth-order valence-corrected chi connectivity index (χ4v) is 2.07. The summed E-state index contributed by atoms with van der Waals surface area (Å²) in [5.41, 5.74) is 1.25. The lowest BCUT2D eigenvalue weighted by Gasteiger charge is -2.07. The second kappa shape index (κ2) is 6.12. The number of hydrogen-bond acceptors (Lipinski definition) is 7. The first kappa shape index (κ1) is 15.1. The number of benzene rings is 1. The van der Waals surface area contributed by atoms with E-state index in [2.05, 4.69) is 15.4 Å². The van der Waals surface area contributed by atoms with Crippen LogP contribution in [0.1, 0.15) is 25.5 Å². The molecule has 0 amide bonds. The molecule has 0 saturated carbocycles. The summed E-state index contributed by atoms with van der Waals surface area (Å²) in [6.07, 6.45) is 0. The number of ether oxygens (including phenoxy) is 2. The first-order chi connectivity index (χ1) is 11.1. The summed E-state index contributed by atoms with van der Waals surface area (Å²) in [7, 11) is 3.16. The summed E-state index contributed by atoms with van der Waals surface area (Å²) in [4.78, 5) is 0. The molecule has 0 spiro atoms. The predicted octanol–water partition coefficient (Wildman–Crippen LogP) is 3.53. The van der Waals surface area contributed by atoms with Crippen LogP contribution in [0.15, 0.2) is 33.2 Å². The van der Waals surface area contributed by atoms with E-state index in [1.807, 2.05) is 19.9 Å². The van der Waals surface area contributed by atoms with Crippen LogP contribution in [0.25, 0.3) is 23.0 Å². The molecule has 0 aliphatic heterocycles. The summed E-state index contributed by atoms with van der Waals surface area (Å²) >= 11 is 0. The van der Waals surface area contributed by atoms with Crippen molar-refractivity contribution in [2.24, 2.45) is 0 Å². The molecule has 3 aromatic rings. The van der Waals surface area contributed by atoms with E-state index in [-0.39, 0.29) is 5.92 Å². The molecule has 0 bridgehead atoms. The van der Waals surface area contributed by atoms with Gasteiger partial charge in [-0.05, 0) is 18.2 Å². The van der Waals surface area contributed by atoms with Gasteiger partial charge in [0.05, 0.1) is 14.2 Å². The van der Waals surface area contributed by atoms with Crippen molar-refractivity contribution in [2.75, 3.05) is 14.2 Å². The van der Waals surface area contributed by atoms with Gasteiger partial charge < -0.3 is 18.4 Å². The Bertz CT molecular complexity index is 807. The van der Waals surface area contributed by atoms with E-state index in [1.54, 1.807) is 32.4 Å². The van der Waals surface area contributed by atoms with E-state index in [0.717, 1.165) is 11.3 Å². The number of aromatic nitrogens is 3. The minimum atomic E-state index is 0.240. The highest BCUT2D eigenvalue weighted by atomic mass is 16.5. The van der Waals surface area contributed by atoms with Crippen molar-refractivity contribution in [1.82, 2.24) is 15.4 Å². The van der Waals surface area contributed by atoms with Gasteiger partial charge in [-0.3, -0.25) is 0 Å². The molecule has 1 aromatic carbocycles. The topological polar surface area (TPSA) is 83.4 Å². The summed E-state index contributed by atoms with van der Waals surface area (Å²) < 4.78 is 21.4. The van der Waals surface area contributed by atoms with Crippen molar-refractivity contribution in [1.29, 1.82) is 0 Å². The van der Waals surface area contributed by atoms with E-state index in [9.17, 15) is 0 Å². The third-order valence-electron chi connectivity index (χ3n) is 3.37. The van der Waals surface area contributed by atoms with Crippen molar-refractivity contribution in [3.8, 4) is 34.5 Å². The Morgan fingerprint density at radius 3 is 2.35 bits per heavy atom. The zero-order valence-electron chi connectivity index (χ0n) is 13.4. The standard InChI is InChI=1S/C16H17N3O4/c1-9(2)13-8-11(19-23-13)16-18-17-15(22-16)10-5-6-12(20-3)14(7-10)21-4/h5-9H,1-4H3. The summed E-state index contributed by atoms with van der Waals surface area (Å²) in [6, 6.07) is 7.18. The normalized spacial score (nSPS) is 11.0. The second-order valence-electron chi connectivity index (χ2n) is 5.25. The third kappa shape index (κ3) is 2.90. The molecule has 120 valence electrons. The molecule has 0 aliphatic rings. The Morgan fingerprint density at radius 2 is 1.70 bits per heavy atom. The molecule has 0 N–H and O–H groups in total. The molecule has 0 radical (unpaired) electrons. The van der Waals surface area contributed by atoms with Crippen LogP contribution in [0.4, 0.5) is 0 Å². The van der Waals surface area contributed by atoms with Gasteiger partial charge in [0, 0.05) is 17.5 Å². The van der Waals surface area contributed by atoms with Gasteiger partial charge in [-0.1, -0.05) is 19.0 Å². The maximum atomic E-state index is 5.68. The van der Waals surface area contributed by atoms with Crippen molar-refractivity contribution < 1.29 is 18.4 Å². The molecule has 0 aliphatic carbocycles. The zero-order valence-corrected chi connectivity index (χ0v) is 13.4. The Labute approximate surface area is 133 Å². The molecule has 0 saturated heterocycles. The second-order valence-corrected chi connectivity index (χ2v) is 5.25. The number of methoxy groups -OCH3 is 2. The first-order valence-corrected chi connectivity index (χ1v) is 7.15. The summed E-state index contributed by atoms with van der Waals surface area (Å²) in [5, 5.41) is 12.0. The highest BCUT2D eigenvalue weighted by molar-refractivity contribution is 5.61. The average Bonchev–Trinajstić information content (AvgIpc) is 3.23. The van der Waals surface area contributed by atoms with Crippen LogP contribution in [-0.4, -0.2) is 29.6 Å². The number of hydrogen-bond donors (Lipinski definition) is 0. The SMILES string of the molecule is COc1ccc(-c2nnc(-c3cc(C(C)C)on3)o2)cc1OC. The summed E-state index contributed by atoms with van der Waals surface area (Å²) in [5.74, 6) is 2.91. The molecule has 0 fully saturated rings. The number of nitrogens with zero attached hydrogens (tertiary/aromatic N) is 3. The van der Waals surface area contributed by atoms with Crippen molar-refractivity contribution >= 4 is 0 Å². The quantitative estimate of drug-likeness (QED) is 0.712. The Kier molecular flexibility index (Phi) is 4.01. The van der Waals surface area contributed by atoms with Gasteiger partial charge in [-0.25, -0.2) is 0 Å². The van der Waals surface area contributed by atoms with Gasteiger partial charge in [0.2, 0.25) is 5.89 Å². The van der Waals surface area contributed by atoms with E-state index in [0.29, 0.717) is 29.0 Å². The van der Waals surface area contributed by atoms with Crippen LogP contribution in [0.2, 0.25) is 0 Å². The van der Waals surface area contributed by atoms with Gasteiger partial charge in [0.15, 0.2) is 17.2 Å². The van der Waals surface area contributed by atoms with Crippen molar-refractivity contribution in [2.45, 2.75) is 19.8 Å². The van der Waals surface area contributed by atoms with E-state index < -0.39 is 0 Å². The van der Waals surface area contributed by atoms with Crippen molar-refractivity contribution in [3.63, 3.8) is 0 Å². The molecule has 2 heterocycles. The monoisotopic (exact) mass is 315 g/mol. The van der Waals surface area contributed by atoms with Crippen LogP contribution < -0.4 is 9.47 Å². The van der Waals surface area contributed by atoms with Crippen LogP contribution >= 0.6 is 0 Å². The van der Waals surface area contributed by atoms with Gasteiger partial charge >= 0.3 is 0 Å². The first-order valence-electron chi connectivity index (χ1n) is 7.15. The van der Waals surface area contributed by atoms with Gasteiger partial charge in [0.1, 0.15) is 5.76 Å². The van der Waals surface area contributed by atoms with Crippen LogP contribution in [0, 0.1) is 0 Å². The maximum Gasteiger partial charge on any atom is 0.270 e. The average molecular weight is 315 g/mol. The molecule has 3 rings (SSSR count). The Morgan fingerprint density at radius 1 is 0.957 bits per heavy atom. The highest BCUT2D eigenvalue weighted by Gasteiger charge is 2.17. The van der Waals surface area contributed by atoms with Gasteiger partial charge in [0.25, 0.3) is 5.89 Å². The Balaban J connectivity index is 1.92. The largest absolute Gasteiger partial charge is 0.493 e. The minimum Gasteiger partial charge on any atom is -0.493 e. The smallest absolute Gasteiger partial charge is 0.270 e. The molecule has 2 aromatic heterocycles. The molecule has 0 unspecified atom stereocenters.